The molecule has 0 aliphatic carbocycles. The summed E-state index contributed by atoms with van der Waals surface area (Å²) in [5, 5.41) is 14.3. The predicted molar refractivity (Wildman–Crippen MR) is 114 cm³/mol. The normalized spacial score (nSPS) is 11.3. The fourth-order valence-electron chi connectivity index (χ4n) is 3.77. The molecule has 1 N–H and O–H groups in total. The number of aliphatic hydroxyl groups is 1. The highest BCUT2D eigenvalue weighted by Gasteiger charge is 2.15. The first-order valence-corrected chi connectivity index (χ1v) is 9.60. The van der Waals surface area contributed by atoms with E-state index in [4.69, 9.17) is 0 Å². The van der Waals surface area contributed by atoms with Crippen LogP contribution in [0.15, 0.2) is 79.3 Å². The van der Waals surface area contributed by atoms with Gasteiger partial charge in [-0.05, 0) is 42.0 Å². The average molecular weight is 398 g/mol. The maximum atomic E-state index is 13.4. The van der Waals surface area contributed by atoms with E-state index in [-0.39, 0.29) is 12.4 Å². The summed E-state index contributed by atoms with van der Waals surface area (Å²) in [6.07, 6.45) is 5.80. The zero-order chi connectivity index (χ0) is 20.7. The Morgan fingerprint density at radius 2 is 1.67 bits per heavy atom. The van der Waals surface area contributed by atoms with Crippen molar-refractivity contribution in [2.45, 2.75) is 6.61 Å². The predicted octanol–water partition coefficient (Wildman–Crippen LogP) is 4.70. The molecule has 3 aromatic heterocycles. The molecule has 5 aromatic rings. The second-order valence-electron chi connectivity index (χ2n) is 7.18. The molecule has 0 amide bonds. The Balaban J connectivity index is 1.68. The Morgan fingerprint density at radius 1 is 0.900 bits per heavy atom. The minimum Gasteiger partial charge on any atom is -0.392 e. The molecule has 0 aliphatic heterocycles. The highest BCUT2D eigenvalue weighted by atomic mass is 19.1. The lowest BCUT2D eigenvalue weighted by atomic mass is 10.0. The summed E-state index contributed by atoms with van der Waals surface area (Å²) in [5.41, 5.74) is 7.06. The molecule has 0 atom stereocenters. The van der Waals surface area contributed by atoms with Gasteiger partial charge in [0.2, 0.25) is 0 Å². The van der Waals surface area contributed by atoms with E-state index >= 15 is 0 Å². The van der Waals surface area contributed by atoms with Crippen molar-refractivity contribution in [1.82, 2.24) is 19.2 Å². The van der Waals surface area contributed by atoms with Gasteiger partial charge in [-0.3, -0.25) is 9.08 Å². The van der Waals surface area contributed by atoms with E-state index in [1.807, 2.05) is 66.4 Å². The molecule has 0 aliphatic rings. The number of rotatable bonds is 4. The van der Waals surface area contributed by atoms with Crippen LogP contribution >= 0.6 is 0 Å². The molecule has 148 valence electrons. The van der Waals surface area contributed by atoms with Crippen molar-refractivity contribution in [1.29, 1.82) is 0 Å². The third-order valence-corrected chi connectivity index (χ3v) is 5.23. The van der Waals surface area contributed by atoms with Gasteiger partial charge in [0.1, 0.15) is 17.2 Å². The minimum atomic E-state index is -0.275. The Hall–Kier alpha value is -3.77. The topological polar surface area (TPSA) is 55.3 Å². The summed E-state index contributed by atoms with van der Waals surface area (Å²) in [6, 6.07) is 18.1. The number of hydrogen-bond donors (Lipinski definition) is 1. The van der Waals surface area contributed by atoms with Gasteiger partial charge in [0.25, 0.3) is 0 Å². The largest absolute Gasteiger partial charge is 0.392 e. The van der Waals surface area contributed by atoms with E-state index in [1.54, 1.807) is 16.8 Å². The Morgan fingerprint density at radius 3 is 2.47 bits per heavy atom. The van der Waals surface area contributed by atoms with Gasteiger partial charge in [-0.25, -0.2) is 9.37 Å². The smallest absolute Gasteiger partial charge is 0.137 e. The maximum absolute atomic E-state index is 13.4. The molecule has 0 radical (unpaired) electrons. The molecular weight excluding hydrogens is 379 g/mol. The zero-order valence-electron chi connectivity index (χ0n) is 16.3. The van der Waals surface area contributed by atoms with E-state index in [1.165, 1.54) is 12.1 Å². The molecule has 0 bridgehead atoms. The molecule has 0 unspecified atom stereocenters. The number of benzene rings is 2. The van der Waals surface area contributed by atoms with Crippen LogP contribution in [-0.2, 0) is 13.7 Å². The van der Waals surface area contributed by atoms with Crippen molar-refractivity contribution in [2.24, 2.45) is 7.05 Å². The van der Waals surface area contributed by atoms with E-state index < -0.39 is 0 Å². The number of pyridine rings is 1. The van der Waals surface area contributed by atoms with Crippen LogP contribution in [-0.4, -0.2) is 24.3 Å². The van der Waals surface area contributed by atoms with Gasteiger partial charge in [0.15, 0.2) is 0 Å². The summed E-state index contributed by atoms with van der Waals surface area (Å²) in [7, 11) is 1.87. The highest BCUT2D eigenvalue weighted by Crippen LogP contribution is 2.32. The number of aromatic nitrogens is 4. The second kappa shape index (κ2) is 7.24. The number of hydrogen-bond acceptors (Lipinski definition) is 3. The molecule has 5 nitrogen and oxygen atoms in total. The molecule has 2 aromatic carbocycles. The van der Waals surface area contributed by atoms with Crippen LogP contribution in [0.5, 0.6) is 0 Å². The van der Waals surface area contributed by atoms with Crippen LogP contribution < -0.4 is 0 Å². The van der Waals surface area contributed by atoms with Gasteiger partial charge < -0.3 is 5.11 Å². The van der Waals surface area contributed by atoms with Crippen molar-refractivity contribution in [2.75, 3.05) is 0 Å². The summed E-state index contributed by atoms with van der Waals surface area (Å²) >= 11 is 0. The Labute approximate surface area is 172 Å². The number of halogens is 1. The summed E-state index contributed by atoms with van der Waals surface area (Å²) in [4.78, 5) is 4.52. The molecule has 5 rings (SSSR count). The second-order valence-corrected chi connectivity index (χ2v) is 7.18. The fraction of sp³-hybridized carbons (Fsp3) is 0.0833. The van der Waals surface area contributed by atoms with Crippen LogP contribution in [0.1, 0.15) is 5.56 Å². The van der Waals surface area contributed by atoms with Crippen molar-refractivity contribution < 1.29 is 9.50 Å². The number of fused-ring (bicyclic) bond motifs is 1. The van der Waals surface area contributed by atoms with Crippen LogP contribution in [0.4, 0.5) is 4.39 Å². The van der Waals surface area contributed by atoms with E-state index in [0.717, 1.165) is 44.9 Å². The van der Waals surface area contributed by atoms with E-state index in [9.17, 15) is 9.50 Å². The Bertz CT molecular complexity index is 1350. The van der Waals surface area contributed by atoms with Crippen molar-refractivity contribution >= 4 is 5.65 Å². The summed E-state index contributed by atoms with van der Waals surface area (Å²) in [5.74, 6) is -0.275. The van der Waals surface area contributed by atoms with Gasteiger partial charge in [0, 0.05) is 41.7 Å². The molecule has 6 heteroatoms. The molecule has 0 spiro atoms. The van der Waals surface area contributed by atoms with Crippen molar-refractivity contribution in [3.63, 3.8) is 0 Å². The van der Waals surface area contributed by atoms with Crippen LogP contribution in [0, 0.1) is 5.82 Å². The third kappa shape index (κ3) is 3.07. The van der Waals surface area contributed by atoms with Crippen molar-refractivity contribution in [3.05, 3.63) is 90.6 Å². The lowest BCUT2D eigenvalue weighted by molar-refractivity contribution is 0.282. The van der Waals surface area contributed by atoms with Crippen LogP contribution in [0.25, 0.3) is 39.3 Å². The maximum Gasteiger partial charge on any atom is 0.137 e. The van der Waals surface area contributed by atoms with Crippen LogP contribution in [0.2, 0.25) is 0 Å². The van der Waals surface area contributed by atoms with Gasteiger partial charge >= 0.3 is 0 Å². The average Bonchev–Trinajstić information content (AvgIpc) is 3.37. The van der Waals surface area contributed by atoms with Gasteiger partial charge in [0.05, 0.1) is 18.5 Å². The lowest BCUT2D eigenvalue weighted by Gasteiger charge is -2.09. The van der Waals surface area contributed by atoms with Crippen molar-refractivity contribution in [3.8, 4) is 33.6 Å². The number of aliphatic hydroxyl groups excluding tert-OH is 1. The quantitative estimate of drug-likeness (QED) is 0.477. The monoisotopic (exact) mass is 398 g/mol. The van der Waals surface area contributed by atoms with Gasteiger partial charge in [-0.15, -0.1) is 0 Å². The third-order valence-electron chi connectivity index (χ3n) is 5.23. The zero-order valence-corrected chi connectivity index (χ0v) is 16.3. The summed E-state index contributed by atoms with van der Waals surface area (Å²) < 4.78 is 17.2. The number of imidazole rings is 1. The van der Waals surface area contributed by atoms with Gasteiger partial charge in [-0.2, -0.15) is 5.10 Å². The van der Waals surface area contributed by atoms with Gasteiger partial charge in [-0.1, -0.05) is 24.3 Å². The fourth-order valence-corrected chi connectivity index (χ4v) is 3.77. The Kier molecular flexibility index (Phi) is 4.41. The van der Waals surface area contributed by atoms with Crippen LogP contribution in [0.3, 0.4) is 0 Å². The number of nitrogens with zero attached hydrogens (tertiary/aromatic N) is 4. The number of aryl methyl sites for hydroxylation is 1. The SMILES string of the molecule is Cn1cc(-c2ccc3ncc(-c4ccccc4CO)n3c2)c(-c2ccc(F)cc2)n1. The molecular formula is C24H19FN4O. The first kappa shape index (κ1) is 18.3. The first-order valence-electron chi connectivity index (χ1n) is 9.60. The summed E-state index contributed by atoms with van der Waals surface area (Å²) in [6.45, 7) is -0.0413. The molecule has 30 heavy (non-hydrogen) atoms. The highest BCUT2D eigenvalue weighted by molar-refractivity contribution is 5.81. The lowest BCUT2D eigenvalue weighted by Crippen LogP contribution is -1.94. The molecule has 0 saturated heterocycles. The first-order chi connectivity index (χ1) is 14.6. The van der Waals surface area contributed by atoms with E-state index in [0.29, 0.717) is 0 Å². The molecule has 0 fully saturated rings. The standard InChI is InChI=1S/C24H19FN4O/c1-28-14-21(24(27-28)16-6-9-19(25)10-7-16)17-8-11-23-26-12-22(29(23)13-17)20-5-3-2-4-18(20)15-30/h2-14,30H,15H2,1H3. The van der Waals surface area contributed by atoms with E-state index in [2.05, 4.69) is 10.1 Å². The molecule has 3 heterocycles. The minimum absolute atomic E-state index is 0.0413. The molecule has 0 saturated carbocycles.